The topological polar surface area (TPSA) is 103 Å². The zero-order valence-corrected chi connectivity index (χ0v) is 14.6. The first-order valence-electron chi connectivity index (χ1n) is 7.42. The number of amides is 2. The second kappa shape index (κ2) is 10.2. The molecule has 0 saturated heterocycles. The van der Waals surface area contributed by atoms with Gasteiger partial charge in [0.1, 0.15) is 0 Å². The smallest absolute Gasteiger partial charge is 0.337 e. The predicted octanol–water partition coefficient (Wildman–Crippen LogP) is 1.09. The predicted molar refractivity (Wildman–Crippen MR) is 91.0 cm³/mol. The Morgan fingerprint density at radius 2 is 1.68 bits per heavy atom. The maximum Gasteiger partial charge on any atom is 0.337 e. The van der Waals surface area contributed by atoms with Gasteiger partial charge in [0.25, 0.3) is 5.91 Å². The lowest BCUT2D eigenvalue weighted by Crippen LogP contribution is -2.33. The molecular weight excluding hydrogens is 328 g/mol. The van der Waals surface area contributed by atoms with Crippen LogP contribution in [0.4, 0.5) is 5.69 Å². The van der Waals surface area contributed by atoms with Crippen LogP contribution < -0.4 is 10.6 Å². The summed E-state index contributed by atoms with van der Waals surface area (Å²) in [6.07, 6.45) is 0.625. The van der Waals surface area contributed by atoms with Gasteiger partial charge in [-0.1, -0.05) is 0 Å². The average molecular weight is 350 g/mol. The second-order valence-corrected chi connectivity index (χ2v) is 5.00. The molecule has 25 heavy (non-hydrogen) atoms. The van der Waals surface area contributed by atoms with Gasteiger partial charge in [0, 0.05) is 31.6 Å². The molecule has 0 heterocycles. The molecule has 2 amide bonds. The van der Waals surface area contributed by atoms with Gasteiger partial charge in [-0.05, 0) is 31.2 Å². The van der Waals surface area contributed by atoms with Crippen molar-refractivity contribution in [2.45, 2.75) is 13.2 Å². The van der Waals surface area contributed by atoms with E-state index in [0.717, 1.165) is 0 Å². The molecule has 1 aromatic carbocycles. The van der Waals surface area contributed by atoms with E-state index in [2.05, 4.69) is 15.4 Å². The molecule has 0 saturated carbocycles. The fourth-order valence-electron chi connectivity index (χ4n) is 1.80. The Hall–Kier alpha value is -2.71. The van der Waals surface area contributed by atoms with E-state index in [9.17, 15) is 14.4 Å². The summed E-state index contributed by atoms with van der Waals surface area (Å²) in [5, 5.41) is 5.19. The van der Waals surface area contributed by atoms with E-state index in [-0.39, 0.29) is 12.1 Å². The third kappa shape index (κ3) is 6.74. The highest BCUT2D eigenvalue weighted by Crippen LogP contribution is 2.11. The third-order valence-electron chi connectivity index (χ3n) is 3.24. The first-order valence-corrected chi connectivity index (χ1v) is 7.42. The molecule has 0 fully saturated rings. The molecule has 8 heteroatoms. The van der Waals surface area contributed by atoms with Gasteiger partial charge in [-0.3, -0.25) is 9.59 Å². The van der Waals surface area contributed by atoms with Crippen LogP contribution in [0.2, 0.25) is 0 Å². The monoisotopic (exact) mass is 350 g/mol. The number of benzene rings is 1. The van der Waals surface area contributed by atoms with Crippen molar-refractivity contribution in [3.8, 4) is 0 Å². The summed E-state index contributed by atoms with van der Waals surface area (Å²) in [7, 11) is 4.21. The highest BCUT2D eigenvalue weighted by molar-refractivity contribution is 6.07. The van der Waals surface area contributed by atoms with Gasteiger partial charge in [0.05, 0.1) is 19.2 Å². The van der Waals surface area contributed by atoms with Crippen LogP contribution in [0, 0.1) is 0 Å². The number of esters is 1. The molecule has 2 N–H and O–H groups in total. The quantitative estimate of drug-likeness (QED) is 0.413. The lowest BCUT2D eigenvalue weighted by molar-refractivity contribution is -0.123. The van der Waals surface area contributed by atoms with Crippen LogP contribution in [0.1, 0.15) is 17.3 Å². The van der Waals surface area contributed by atoms with Crippen LogP contribution in [0.5, 0.6) is 0 Å². The largest absolute Gasteiger partial charge is 0.465 e. The van der Waals surface area contributed by atoms with Crippen molar-refractivity contribution in [1.29, 1.82) is 0 Å². The molecule has 0 aliphatic heterocycles. The molecule has 0 aromatic heterocycles. The number of hydrogen-bond acceptors (Lipinski definition) is 6. The molecule has 0 spiro atoms. The fraction of sp³-hybridized carbons (Fsp3) is 0.353. The Labute approximate surface area is 146 Å². The number of hydrogen-bond donors (Lipinski definition) is 2. The van der Waals surface area contributed by atoms with Crippen molar-refractivity contribution in [3.63, 3.8) is 0 Å². The number of rotatable bonds is 8. The van der Waals surface area contributed by atoms with Crippen molar-refractivity contribution in [2.24, 2.45) is 0 Å². The molecule has 8 nitrogen and oxygen atoms in total. The van der Waals surface area contributed by atoms with E-state index < -0.39 is 24.1 Å². The molecule has 0 aliphatic carbocycles. The number of carbonyl (C=O) groups excluding carboxylic acids is 3. The summed E-state index contributed by atoms with van der Waals surface area (Å²) in [5.74, 6) is -1.33. The summed E-state index contributed by atoms with van der Waals surface area (Å²) >= 11 is 0. The Morgan fingerprint density at radius 3 is 2.20 bits per heavy atom. The highest BCUT2D eigenvalue weighted by Gasteiger charge is 2.10. The molecule has 1 rings (SSSR count). The molecule has 136 valence electrons. The van der Waals surface area contributed by atoms with E-state index in [4.69, 9.17) is 9.47 Å². The van der Waals surface area contributed by atoms with Gasteiger partial charge in [-0.25, -0.2) is 4.79 Å². The van der Waals surface area contributed by atoms with Gasteiger partial charge in [0.15, 0.2) is 6.29 Å². The zero-order valence-electron chi connectivity index (χ0n) is 14.6. The molecule has 0 unspecified atom stereocenters. The summed E-state index contributed by atoms with van der Waals surface area (Å²) < 4.78 is 14.5. The van der Waals surface area contributed by atoms with Crippen LogP contribution in [-0.2, 0) is 23.8 Å². The molecule has 0 atom stereocenters. The summed E-state index contributed by atoms with van der Waals surface area (Å²) in [5.41, 5.74) is 1.09. The molecule has 0 bridgehead atoms. The SMILES string of the molecule is COC(=O)c1ccc(NC(=O)/C(C)=C/C(=O)NCC(OC)OC)cc1. The van der Waals surface area contributed by atoms with E-state index >= 15 is 0 Å². The van der Waals surface area contributed by atoms with Crippen molar-refractivity contribution in [2.75, 3.05) is 33.2 Å². The Morgan fingerprint density at radius 1 is 1.08 bits per heavy atom. The minimum absolute atomic E-state index is 0.159. The molecule has 0 aliphatic rings. The van der Waals surface area contributed by atoms with Gasteiger partial charge in [-0.2, -0.15) is 0 Å². The van der Waals surface area contributed by atoms with Crippen LogP contribution in [0.25, 0.3) is 0 Å². The second-order valence-electron chi connectivity index (χ2n) is 5.00. The standard InChI is InChI=1S/C17H22N2O6/c1-11(9-14(20)18-10-15(23-2)24-3)16(21)19-13-7-5-12(6-8-13)17(22)25-4/h5-9,15H,10H2,1-4H3,(H,18,20)(H,19,21)/b11-9+. The first-order chi connectivity index (χ1) is 11.9. The highest BCUT2D eigenvalue weighted by atomic mass is 16.7. The van der Waals surface area contributed by atoms with E-state index in [1.807, 2.05) is 0 Å². The van der Waals surface area contributed by atoms with Crippen molar-refractivity contribution in [3.05, 3.63) is 41.5 Å². The normalized spacial score (nSPS) is 11.2. The maximum absolute atomic E-state index is 12.1. The van der Waals surface area contributed by atoms with Crippen molar-refractivity contribution >= 4 is 23.5 Å². The number of nitrogens with one attached hydrogen (secondary N) is 2. The Kier molecular flexibility index (Phi) is 8.31. The third-order valence-corrected chi connectivity index (χ3v) is 3.24. The Bertz CT molecular complexity index is 635. The number of anilines is 1. The summed E-state index contributed by atoms with van der Waals surface area (Å²) in [4.78, 5) is 35.2. The van der Waals surface area contributed by atoms with Crippen LogP contribution in [0.15, 0.2) is 35.9 Å². The van der Waals surface area contributed by atoms with Gasteiger partial charge < -0.3 is 24.8 Å². The van der Waals surface area contributed by atoms with Crippen molar-refractivity contribution in [1.82, 2.24) is 5.32 Å². The number of methoxy groups -OCH3 is 3. The summed E-state index contributed by atoms with van der Waals surface area (Å²) in [6, 6.07) is 6.20. The zero-order chi connectivity index (χ0) is 18.8. The number of carbonyl (C=O) groups is 3. The average Bonchev–Trinajstić information content (AvgIpc) is 2.62. The minimum atomic E-state index is -0.556. The van der Waals surface area contributed by atoms with Crippen LogP contribution >= 0.6 is 0 Å². The van der Waals surface area contributed by atoms with E-state index in [1.54, 1.807) is 12.1 Å². The van der Waals surface area contributed by atoms with Crippen LogP contribution in [-0.4, -0.2) is 51.9 Å². The van der Waals surface area contributed by atoms with E-state index in [0.29, 0.717) is 11.3 Å². The molecule has 0 radical (unpaired) electrons. The van der Waals surface area contributed by atoms with Gasteiger partial charge in [0.2, 0.25) is 5.91 Å². The molecular formula is C17H22N2O6. The Balaban J connectivity index is 2.60. The maximum atomic E-state index is 12.1. The molecule has 1 aromatic rings. The first kappa shape index (κ1) is 20.3. The van der Waals surface area contributed by atoms with Gasteiger partial charge in [-0.15, -0.1) is 0 Å². The minimum Gasteiger partial charge on any atom is -0.465 e. The van der Waals surface area contributed by atoms with E-state index in [1.165, 1.54) is 46.5 Å². The van der Waals surface area contributed by atoms with Crippen molar-refractivity contribution < 1.29 is 28.6 Å². The number of ether oxygens (including phenoxy) is 3. The fourth-order valence-corrected chi connectivity index (χ4v) is 1.80. The summed E-state index contributed by atoms with van der Waals surface area (Å²) in [6.45, 7) is 1.67. The van der Waals surface area contributed by atoms with Gasteiger partial charge >= 0.3 is 5.97 Å². The lowest BCUT2D eigenvalue weighted by Gasteiger charge is -2.13. The lowest BCUT2D eigenvalue weighted by atomic mass is 10.2. The van der Waals surface area contributed by atoms with Crippen LogP contribution in [0.3, 0.4) is 0 Å².